The molecule has 0 bridgehead atoms. The highest BCUT2D eigenvalue weighted by Crippen LogP contribution is 2.51. The van der Waals surface area contributed by atoms with E-state index in [1.54, 1.807) is 0 Å². The number of hydrogen-bond acceptors (Lipinski definition) is 3. The van der Waals surface area contributed by atoms with E-state index in [-0.39, 0.29) is 23.1 Å². The van der Waals surface area contributed by atoms with Crippen LogP contribution in [0.25, 0.3) is 0 Å². The Hall–Kier alpha value is -0.810. The number of thioether (sulfide) groups is 1. The van der Waals surface area contributed by atoms with Crippen molar-refractivity contribution in [1.29, 1.82) is 0 Å². The molecule has 0 aliphatic carbocycles. The molecule has 3 rings (SSSR count). The van der Waals surface area contributed by atoms with Gasteiger partial charge < -0.3 is 0 Å². The summed E-state index contributed by atoms with van der Waals surface area (Å²) in [5, 5.41) is 2.50. The van der Waals surface area contributed by atoms with E-state index in [0.29, 0.717) is 6.42 Å². The summed E-state index contributed by atoms with van der Waals surface area (Å²) in [5.41, 5.74) is 0.812. The van der Waals surface area contributed by atoms with Gasteiger partial charge in [0.05, 0.1) is 5.92 Å². The highest BCUT2D eigenvalue weighted by atomic mass is 79.9. The van der Waals surface area contributed by atoms with Crippen LogP contribution in [0.2, 0.25) is 0 Å². The molecule has 0 aromatic heterocycles. The number of benzene rings is 1. The summed E-state index contributed by atoms with van der Waals surface area (Å²) in [7, 11) is 0. The van der Waals surface area contributed by atoms with Crippen LogP contribution in [0.5, 0.6) is 0 Å². The molecule has 2 heterocycles. The summed E-state index contributed by atoms with van der Waals surface area (Å²) >= 11 is 5.30. The van der Waals surface area contributed by atoms with E-state index >= 15 is 0 Å². The van der Waals surface area contributed by atoms with Crippen molar-refractivity contribution >= 4 is 39.5 Å². The van der Waals surface area contributed by atoms with E-state index in [0.717, 1.165) is 28.0 Å². The van der Waals surface area contributed by atoms with Crippen LogP contribution in [0.1, 0.15) is 24.3 Å². The van der Waals surface area contributed by atoms with Crippen molar-refractivity contribution in [2.45, 2.75) is 18.8 Å². The fourth-order valence-corrected chi connectivity index (χ4v) is 5.07. The third-order valence-electron chi connectivity index (χ3n) is 3.97. The Labute approximate surface area is 124 Å². The van der Waals surface area contributed by atoms with E-state index in [1.165, 1.54) is 0 Å². The molecule has 1 spiro atoms. The van der Waals surface area contributed by atoms with Gasteiger partial charge in [-0.2, -0.15) is 11.8 Å². The Morgan fingerprint density at radius 1 is 1.37 bits per heavy atom. The third kappa shape index (κ3) is 2.34. The number of nitrogens with one attached hydrogen (secondary N) is 1. The van der Waals surface area contributed by atoms with Crippen LogP contribution in [0, 0.1) is 5.41 Å². The molecule has 0 radical (unpaired) electrons. The van der Waals surface area contributed by atoms with Gasteiger partial charge in [0.15, 0.2) is 0 Å². The minimum absolute atomic E-state index is 0.126. The molecular formula is C14H14BrNO2S. The molecule has 2 unspecified atom stereocenters. The van der Waals surface area contributed by atoms with Gasteiger partial charge in [-0.3, -0.25) is 14.9 Å². The molecule has 5 heteroatoms. The lowest BCUT2D eigenvalue weighted by atomic mass is 9.67. The van der Waals surface area contributed by atoms with E-state index in [4.69, 9.17) is 0 Å². The van der Waals surface area contributed by atoms with Gasteiger partial charge in [-0.15, -0.1) is 0 Å². The maximum Gasteiger partial charge on any atom is 0.234 e. The summed E-state index contributed by atoms with van der Waals surface area (Å²) in [6.07, 6.45) is 1.40. The predicted octanol–water partition coefficient (Wildman–Crippen LogP) is 2.70. The Kier molecular flexibility index (Phi) is 3.43. The van der Waals surface area contributed by atoms with Crippen molar-refractivity contribution in [3.05, 3.63) is 34.3 Å². The highest BCUT2D eigenvalue weighted by Gasteiger charge is 2.50. The van der Waals surface area contributed by atoms with Crippen molar-refractivity contribution in [1.82, 2.24) is 5.32 Å². The van der Waals surface area contributed by atoms with Crippen molar-refractivity contribution in [3.63, 3.8) is 0 Å². The number of carbonyl (C=O) groups is 2. The van der Waals surface area contributed by atoms with E-state index < -0.39 is 0 Å². The normalized spacial score (nSPS) is 30.7. The molecule has 3 nitrogen and oxygen atoms in total. The van der Waals surface area contributed by atoms with E-state index in [1.807, 2.05) is 36.0 Å². The number of piperidine rings is 1. The second-order valence-electron chi connectivity index (χ2n) is 5.24. The largest absolute Gasteiger partial charge is 0.296 e. The van der Waals surface area contributed by atoms with Crippen LogP contribution in [0.4, 0.5) is 0 Å². The SMILES string of the molecule is O=C1CC2(CCSC2)C(c2cccc(Br)c2)C(=O)N1. The molecule has 1 N–H and O–H groups in total. The second-order valence-corrected chi connectivity index (χ2v) is 7.26. The molecule has 1 aromatic rings. The monoisotopic (exact) mass is 339 g/mol. The van der Waals surface area contributed by atoms with Crippen LogP contribution >= 0.6 is 27.7 Å². The van der Waals surface area contributed by atoms with Crippen molar-refractivity contribution in [3.8, 4) is 0 Å². The standard InChI is InChI=1S/C14H14BrNO2S/c15-10-3-1-2-9(6-10)12-13(18)16-11(17)7-14(12)4-5-19-8-14/h1-3,6,12H,4-5,7-8H2,(H,16,17,18). The summed E-state index contributed by atoms with van der Waals surface area (Å²) in [4.78, 5) is 24.0. The first-order chi connectivity index (χ1) is 9.11. The van der Waals surface area contributed by atoms with Crippen LogP contribution in [-0.2, 0) is 9.59 Å². The summed E-state index contributed by atoms with van der Waals surface area (Å²) in [6, 6.07) is 7.87. The maximum atomic E-state index is 12.3. The lowest BCUT2D eigenvalue weighted by Gasteiger charge is -2.39. The van der Waals surface area contributed by atoms with Gasteiger partial charge in [0.25, 0.3) is 0 Å². The predicted molar refractivity (Wildman–Crippen MR) is 79.0 cm³/mol. The molecule has 1 aromatic carbocycles. The molecule has 2 saturated heterocycles. The van der Waals surface area contributed by atoms with Crippen LogP contribution < -0.4 is 5.32 Å². The average Bonchev–Trinajstić information content (AvgIpc) is 2.76. The van der Waals surface area contributed by atoms with Crippen molar-refractivity contribution < 1.29 is 9.59 Å². The maximum absolute atomic E-state index is 12.3. The van der Waals surface area contributed by atoms with E-state index in [9.17, 15) is 9.59 Å². The lowest BCUT2D eigenvalue weighted by molar-refractivity contribution is -0.139. The summed E-state index contributed by atoms with van der Waals surface area (Å²) < 4.78 is 0.968. The Morgan fingerprint density at radius 3 is 2.89 bits per heavy atom. The van der Waals surface area contributed by atoms with Gasteiger partial charge in [0.1, 0.15) is 0 Å². The Balaban J connectivity index is 2.05. The zero-order valence-electron chi connectivity index (χ0n) is 10.3. The van der Waals surface area contributed by atoms with Gasteiger partial charge >= 0.3 is 0 Å². The van der Waals surface area contributed by atoms with Gasteiger partial charge in [0.2, 0.25) is 11.8 Å². The number of hydrogen-bond donors (Lipinski definition) is 1. The molecule has 19 heavy (non-hydrogen) atoms. The highest BCUT2D eigenvalue weighted by molar-refractivity contribution is 9.10. The van der Waals surface area contributed by atoms with Gasteiger partial charge in [-0.1, -0.05) is 28.1 Å². The fourth-order valence-electron chi connectivity index (χ4n) is 3.13. The Morgan fingerprint density at radius 2 is 2.21 bits per heavy atom. The number of carbonyl (C=O) groups excluding carboxylic acids is 2. The number of amides is 2. The smallest absolute Gasteiger partial charge is 0.234 e. The number of imide groups is 1. The molecule has 0 saturated carbocycles. The number of rotatable bonds is 1. The zero-order chi connectivity index (χ0) is 13.5. The molecule has 100 valence electrons. The first-order valence-corrected chi connectivity index (χ1v) is 8.22. The lowest BCUT2D eigenvalue weighted by Crippen LogP contribution is -2.50. The minimum Gasteiger partial charge on any atom is -0.296 e. The molecule has 2 aliphatic heterocycles. The third-order valence-corrected chi connectivity index (χ3v) is 5.73. The van der Waals surface area contributed by atoms with Gasteiger partial charge in [0, 0.05) is 22.1 Å². The molecule has 2 atom stereocenters. The Bertz CT molecular complexity index is 540. The minimum atomic E-state index is -0.210. The number of halogens is 1. The molecule has 2 aliphatic rings. The first-order valence-electron chi connectivity index (χ1n) is 6.28. The van der Waals surface area contributed by atoms with Gasteiger partial charge in [-0.05, 0) is 29.9 Å². The molecular weight excluding hydrogens is 326 g/mol. The van der Waals surface area contributed by atoms with E-state index in [2.05, 4.69) is 21.2 Å². The molecule has 2 amide bonds. The average molecular weight is 340 g/mol. The van der Waals surface area contributed by atoms with Crippen LogP contribution in [0.3, 0.4) is 0 Å². The second kappa shape index (κ2) is 4.94. The zero-order valence-corrected chi connectivity index (χ0v) is 12.7. The van der Waals surface area contributed by atoms with Crippen molar-refractivity contribution in [2.75, 3.05) is 11.5 Å². The topological polar surface area (TPSA) is 46.2 Å². The molecule has 2 fully saturated rings. The van der Waals surface area contributed by atoms with Crippen molar-refractivity contribution in [2.24, 2.45) is 5.41 Å². The quantitative estimate of drug-likeness (QED) is 0.800. The van der Waals surface area contributed by atoms with Gasteiger partial charge in [-0.25, -0.2) is 0 Å². The summed E-state index contributed by atoms with van der Waals surface area (Å²) in [5.74, 6) is 1.45. The fraction of sp³-hybridized carbons (Fsp3) is 0.429. The summed E-state index contributed by atoms with van der Waals surface area (Å²) in [6.45, 7) is 0. The first kappa shape index (κ1) is 13.2. The van der Waals surface area contributed by atoms with Crippen LogP contribution in [0.15, 0.2) is 28.7 Å². The van der Waals surface area contributed by atoms with Crippen LogP contribution in [-0.4, -0.2) is 23.3 Å².